The predicted molar refractivity (Wildman–Crippen MR) is 61.7 cm³/mol. The van der Waals surface area contributed by atoms with Gasteiger partial charge in [-0.15, -0.1) is 11.3 Å². The number of fused-ring (bicyclic) bond motifs is 1. The van der Waals surface area contributed by atoms with Crippen LogP contribution in [0.2, 0.25) is 0 Å². The summed E-state index contributed by atoms with van der Waals surface area (Å²) < 4.78 is 1.17. The van der Waals surface area contributed by atoms with Crippen LogP contribution in [0.15, 0.2) is 17.6 Å². The Morgan fingerprint density at radius 3 is 3.21 bits per heavy atom. The van der Waals surface area contributed by atoms with Gasteiger partial charge in [0.05, 0.1) is 15.7 Å². The van der Waals surface area contributed by atoms with E-state index in [-0.39, 0.29) is 0 Å². The van der Waals surface area contributed by atoms with Gasteiger partial charge in [0.15, 0.2) is 0 Å². The molecule has 0 unspecified atom stereocenters. The van der Waals surface area contributed by atoms with Crippen LogP contribution < -0.4 is 0 Å². The first-order chi connectivity index (χ1) is 6.90. The van der Waals surface area contributed by atoms with Crippen molar-refractivity contribution in [1.82, 2.24) is 4.98 Å². The van der Waals surface area contributed by atoms with E-state index in [1.807, 2.05) is 5.51 Å². The highest BCUT2D eigenvalue weighted by Crippen LogP contribution is 2.19. The average molecular weight is 204 g/mol. The Bertz CT molecular complexity index is 405. The minimum atomic E-state index is 1.10. The van der Waals surface area contributed by atoms with Crippen molar-refractivity contribution in [1.29, 1.82) is 0 Å². The van der Waals surface area contributed by atoms with Crippen molar-refractivity contribution in [3.05, 3.63) is 29.3 Å². The van der Waals surface area contributed by atoms with Gasteiger partial charge in [-0.1, -0.05) is 19.8 Å². The second kappa shape index (κ2) is 4.56. The molecule has 0 aliphatic rings. The van der Waals surface area contributed by atoms with Gasteiger partial charge < -0.3 is 0 Å². The smallest absolute Gasteiger partial charge is 0.0821 e. The first-order valence-electron chi connectivity index (χ1n) is 5.14. The number of hydrogen-bond acceptors (Lipinski definition) is 2. The third-order valence-electron chi connectivity index (χ3n) is 2.37. The first-order valence-corrected chi connectivity index (χ1v) is 6.02. The summed E-state index contributed by atoms with van der Waals surface area (Å²) in [6.45, 7) is 2.23. The Kier molecular flexibility index (Phi) is 3.14. The lowest BCUT2D eigenvalue weighted by atomic mass is 10.1. The number of aromatic nitrogens is 1. The molecule has 2 aromatic rings. The van der Waals surface area contributed by atoms with Crippen LogP contribution in [-0.2, 0) is 6.42 Å². The van der Waals surface area contributed by atoms with Gasteiger partial charge in [0.2, 0.25) is 0 Å². The van der Waals surface area contributed by atoms with Gasteiger partial charge in [-0.3, -0.25) is 0 Å². The molecule has 14 heavy (non-hydrogen) atoms. The predicted octanol–water partition coefficient (Wildman–Crippen LogP) is 3.83. The lowest BCUT2D eigenvalue weighted by Gasteiger charge is -1.99. The van der Waals surface area contributed by atoms with Crippen LogP contribution in [0.3, 0.4) is 0 Å². The van der Waals surface area contributed by atoms with Gasteiger partial charge in [0.25, 0.3) is 0 Å². The zero-order valence-electron chi connectivity index (χ0n) is 8.42. The van der Waals surface area contributed by atoms with E-state index in [0.29, 0.717) is 0 Å². The number of rotatable bonds is 4. The molecule has 1 nitrogen and oxygen atoms in total. The highest BCUT2D eigenvalue weighted by Gasteiger charge is 1.98. The van der Waals surface area contributed by atoms with Gasteiger partial charge in [-0.05, 0) is 30.5 Å². The van der Waals surface area contributed by atoms with Crippen molar-refractivity contribution in [2.45, 2.75) is 32.6 Å². The molecule has 0 saturated heterocycles. The highest BCUT2D eigenvalue weighted by atomic mass is 32.1. The molecular formula is C12H14NS. The van der Waals surface area contributed by atoms with Crippen LogP contribution in [0.1, 0.15) is 31.7 Å². The molecular weight excluding hydrogens is 190 g/mol. The summed E-state index contributed by atoms with van der Waals surface area (Å²) in [6.07, 6.45) is 5.04. The summed E-state index contributed by atoms with van der Waals surface area (Å²) in [7, 11) is 0. The second-order valence-electron chi connectivity index (χ2n) is 3.53. The summed E-state index contributed by atoms with van der Waals surface area (Å²) >= 11 is 1.66. The molecule has 0 spiro atoms. The fourth-order valence-electron chi connectivity index (χ4n) is 1.56. The van der Waals surface area contributed by atoms with Crippen LogP contribution >= 0.6 is 11.3 Å². The maximum absolute atomic E-state index is 4.29. The first kappa shape index (κ1) is 9.66. The molecule has 0 N–H and O–H groups in total. The van der Waals surface area contributed by atoms with Crippen LogP contribution in [0.5, 0.6) is 0 Å². The molecule has 1 heterocycles. The summed E-state index contributed by atoms with van der Waals surface area (Å²) in [6, 6.07) is 7.58. The zero-order valence-corrected chi connectivity index (χ0v) is 9.23. The Hall–Kier alpha value is -0.890. The van der Waals surface area contributed by atoms with E-state index in [1.165, 1.54) is 29.5 Å². The van der Waals surface area contributed by atoms with Crippen molar-refractivity contribution >= 4 is 21.6 Å². The standard InChI is InChI=1S/C12H14NS/c1-2-3-4-5-10-6-7-12-11(8-10)13-9-14-12/h6,8-9H,2-5H2,1H3. The lowest BCUT2D eigenvalue weighted by Crippen LogP contribution is -1.85. The molecule has 0 fully saturated rings. The number of nitrogens with zero attached hydrogens (tertiary/aromatic N) is 1. The van der Waals surface area contributed by atoms with Gasteiger partial charge in [-0.25, -0.2) is 4.98 Å². The molecule has 0 atom stereocenters. The van der Waals surface area contributed by atoms with Crippen LogP contribution in [0, 0.1) is 6.07 Å². The van der Waals surface area contributed by atoms with E-state index in [4.69, 9.17) is 0 Å². The summed E-state index contributed by atoms with van der Waals surface area (Å²) in [4.78, 5) is 4.29. The van der Waals surface area contributed by atoms with Crippen molar-refractivity contribution in [3.8, 4) is 0 Å². The molecule has 73 valence electrons. The van der Waals surface area contributed by atoms with Crippen molar-refractivity contribution < 1.29 is 0 Å². The van der Waals surface area contributed by atoms with E-state index in [0.717, 1.165) is 11.9 Å². The molecule has 0 saturated carbocycles. The topological polar surface area (TPSA) is 12.9 Å². The molecule has 0 amide bonds. The van der Waals surface area contributed by atoms with Crippen molar-refractivity contribution in [3.63, 3.8) is 0 Å². The molecule has 2 rings (SSSR count). The number of benzene rings is 1. The van der Waals surface area contributed by atoms with Crippen LogP contribution in [0.4, 0.5) is 0 Å². The monoisotopic (exact) mass is 204 g/mol. The van der Waals surface area contributed by atoms with Gasteiger partial charge in [-0.2, -0.15) is 0 Å². The van der Waals surface area contributed by atoms with Gasteiger partial charge in [0, 0.05) is 6.07 Å². The second-order valence-corrected chi connectivity index (χ2v) is 4.39. The summed E-state index contributed by atoms with van der Waals surface area (Å²) in [5.74, 6) is 0. The minimum Gasteiger partial charge on any atom is -0.245 e. The molecule has 2 heteroatoms. The zero-order chi connectivity index (χ0) is 9.80. The maximum Gasteiger partial charge on any atom is 0.0821 e. The van der Waals surface area contributed by atoms with E-state index < -0.39 is 0 Å². The molecule has 1 aromatic heterocycles. The molecule has 1 radical (unpaired) electrons. The number of unbranched alkanes of at least 4 members (excludes halogenated alkanes) is 2. The largest absolute Gasteiger partial charge is 0.245 e. The molecule has 0 bridgehead atoms. The Labute approximate surface area is 88.8 Å². The van der Waals surface area contributed by atoms with Gasteiger partial charge >= 0.3 is 0 Å². The average Bonchev–Trinajstić information content (AvgIpc) is 2.65. The third kappa shape index (κ3) is 2.13. The highest BCUT2D eigenvalue weighted by molar-refractivity contribution is 7.16. The fourth-order valence-corrected chi connectivity index (χ4v) is 2.20. The Morgan fingerprint density at radius 2 is 2.36 bits per heavy atom. The number of thiazole rings is 1. The fraction of sp³-hybridized carbons (Fsp3) is 0.417. The SMILES string of the molecule is CCCCCc1c[c]c2scnc2c1. The van der Waals surface area contributed by atoms with E-state index >= 15 is 0 Å². The maximum atomic E-state index is 4.29. The Morgan fingerprint density at radius 1 is 1.43 bits per heavy atom. The normalized spacial score (nSPS) is 10.9. The van der Waals surface area contributed by atoms with Crippen molar-refractivity contribution in [2.75, 3.05) is 0 Å². The Balaban J connectivity index is 2.10. The van der Waals surface area contributed by atoms with Crippen LogP contribution in [0.25, 0.3) is 10.2 Å². The summed E-state index contributed by atoms with van der Waals surface area (Å²) in [5.41, 5.74) is 4.36. The lowest BCUT2D eigenvalue weighted by molar-refractivity contribution is 0.718. The quantitative estimate of drug-likeness (QED) is 0.690. The molecule has 1 aromatic carbocycles. The number of aryl methyl sites for hydroxylation is 1. The minimum absolute atomic E-state index is 1.10. The van der Waals surface area contributed by atoms with E-state index in [1.54, 1.807) is 11.3 Å². The van der Waals surface area contributed by atoms with Gasteiger partial charge in [0.1, 0.15) is 0 Å². The van der Waals surface area contributed by atoms with E-state index in [9.17, 15) is 0 Å². The molecule has 0 aliphatic heterocycles. The van der Waals surface area contributed by atoms with Crippen LogP contribution in [-0.4, -0.2) is 4.98 Å². The van der Waals surface area contributed by atoms with Crippen molar-refractivity contribution in [2.24, 2.45) is 0 Å². The van der Waals surface area contributed by atoms with E-state index in [2.05, 4.69) is 30.1 Å². The summed E-state index contributed by atoms with van der Waals surface area (Å²) in [5, 5.41) is 0. The molecule has 0 aliphatic carbocycles. The number of hydrogen-bond donors (Lipinski definition) is 0. The third-order valence-corrected chi connectivity index (χ3v) is 3.15.